The van der Waals surface area contributed by atoms with Gasteiger partial charge in [0, 0.05) is 38.7 Å². The van der Waals surface area contributed by atoms with Crippen LogP contribution in [0.5, 0.6) is 0 Å². The summed E-state index contributed by atoms with van der Waals surface area (Å²) in [4.78, 5) is 1.18. The first-order valence-corrected chi connectivity index (χ1v) is 18.0. The zero-order valence-electron chi connectivity index (χ0n) is 44.4. The van der Waals surface area contributed by atoms with E-state index in [1.54, 1.807) is 48.5 Å². The van der Waals surface area contributed by atoms with E-state index in [1.807, 2.05) is 72.8 Å². The lowest BCUT2D eigenvalue weighted by Gasteiger charge is -2.28. The Morgan fingerprint density at radius 3 is 1.73 bits per heavy atom. The molecule has 56 heavy (non-hydrogen) atoms. The molecule has 11 aromatic rings. The number of nitrogens with zero attached hydrogens (tertiary/aromatic N) is 1. The minimum Gasteiger partial charge on any atom is -0.455 e. The minimum absolute atomic E-state index is 0.00795. The Hall–Kier alpha value is -7.42. The minimum atomic E-state index is -0.809. The summed E-state index contributed by atoms with van der Waals surface area (Å²) in [6.07, 6.45) is 0. The van der Waals surface area contributed by atoms with Crippen LogP contribution in [-0.4, -0.2) is 0 Å². The lowest BCUT2D eigenvalue weighted by Crippen LogP contribution is -2.11. The van der Waals surface area contributed by atoms with Crippen molar-refractivity contribution in [2.24, 2.45) is 0 Å². The van der Waals surface area contributed by atoms with Crippen LogP contribution in [0.1, 0.15) is 20.6 Å². The fourth-order valence-electron chi connectivity index (χ4n) is 7.53. The molecular weight excluding hydrogens is 679 g/mol. The van der Waals surface area contributed by atoms with Crippen molar-refractivity contribution in [1.29, 1.82) is 0 Å². The Bertz CT molecular complexity index is 4080. The Balaban J connectivity index is 1.25. The molecule has 0 radical (unpaired) electrons. The molecule has 0 saturated heterocycles. The molecule has 1 aromatic heterocycles. The van der Waals surface area contributed by atoms with E-state index < -0.39 is 124 Å². The highest BCUT2D eigenvalue weighted by molar-refractivity contribution is 6.17. The summed E-state index contributed by atoms with van der Waals surface area (Å²) in [5.41, 5.74) is 0.478. The van der Waals surface area contributed by atoms with Crippen LogP contribution in [0.3, 0.4) is 0 Å². The van der Waals surface area contributed by atoms with Gasteiger partial charge in [0.15, 0.2) is 0 Å². The van der Waals surface area contributed by atoms with Crippen molar-refractivity contribution < 1.29 is 25.0 Å². The maximum Gasteiger partial charge on any atom is 0.143 e. The largest absolute Gasteiger partial charge is 0.455 e. The molecule has 0 amide bonds. The number of benzene rings is 10. The Morgan fingerprint density at radius 2 is 0.911 bits per heavy atom. The van der Waals surface area contributed by atoms with Gasteiger partial charge in [0.25, 0.3) is 0 Å². The third kappa shape index (κ3) is 5.26. The molecule has 10 aromatic carbocycles. The van der Waals surface area contributed by atoms with E-state index in [0.29, 0.717) is 33.2 Å². The highest BCUT2D eigenvalue weighted by atomic mass is 16.3. The van der Waals surface area contributed by atoms with Gasteiger partial charge in [-0.25, -0.2) is 0 Å². The quantitative estimate of drug-likeness (QED) is 0.169. The van der Waals surface area contributed by atoms with Gasteiger partial charge >= 0.3 is 0 Å². The SMILES string of the molecule is [2H]c1c([2H])c(N(c2ccccc2-c2cccc3c2oc2c4ccccc4ccc32)c2c([2H])c([2H])c(-c3c([2H])c([2H])c([2H])c4c([2H])c([2H])c([2H])c([2H])c34)c([2H])c2[2H])c([2H])c([2H])c1-c1cccc2ccccc12. The number of anilines is 3. The molecule has 11 rings (SSSR count). The summed E-state index contributed by atoms with van der Waals surface area (Å²) in [7, 11) is 0. The average Bonchev–Trinajstić information content (AvgIpc) is 3.78. The maximum atomic E-state index is 9.81. The molecular formula is C54H35NO. The van der Waals surface area contributed by atoms with Crippen LogP contribution in [-0.2, 0) is 0 Å². The van der Waals surface area contributed by atoms with Crippen molar-refractivity contribution in [3.05, 3.63) is 212 Å². The maximum absolute atomic E-state index is 9.81. The summed E-state index contributed by atoms with van der Waals surface area (Å²) in [5.74, 6) is 0. The lowest BCUT2D eigenvalue weighted by molar-refractivity contribution is 0.674. The molecule has 2 nitrogen and oxygen atoms in total. The number of furan rings is 1. The number of fused-ring (bicyclic) bond motifs is 7. The monoisotopic (exact) mass is 728 g/mol. The highest BCUT2D eigenvalue weighted by Gasteiger charge is 2.21. The van der Waals surface area contributed by atoms with Crippen molar-refractivity contribution in [3.8, 4) is 33.4 Å². The number of hydrogen-bond acceptors (Lipinski definition) is 2. The second kappa shape index (κ2) is 13.2. The summed E-state index contributed by atoms with van der Waals surface area (Å²) in [6, 6.07) is 26.4. The van der Waals surface area contributed by atoms with Gasteiger partial charge < -0.3 is 9.32 Å². The van der Waals surface area contributed by atoms with Crippen LogP contribution in [0.15, 0.2) is 216 Å². The zero-order chi connectivity index (χ0) is 50.1. The molecule has 0 unspecified atom stereocenters. The van der Waals surface area contributed by atoms with Crippen LogP contribution in [0, 0.1) is 0 Å². The van der Waals surface area contributed by atoms with E-state index in [-0.39, 0.29) is 11.3 Å². The molecule has 0 aliphatic rings. The van der Waals surface area contributed by atoms with Crippen molar-refractivity contribution >= 4 is 71.3 Å². The van der Waals surface area contributed by atoms with Gasteiger partial charge in [-0.05, 0) is 85.5 Å². The molecule has 262 valence electrons. The number of hydrogen-bond donors (Lipinski definition) is 0. The van der Waals surface area contributed by atoms with Crippen molar-refractivity contribution in [1.82, 2.24) is 0 Å². The lowest BCUT2D eigenvalue weighted by atomic mass is 9.96. The molecule has 0 spiro atoms. The standard InChI is InChI=1S/C54H35NO/c1-4-17-43-36(12-1)15-9-21-45(43)39-26-31-41(32-27-39)55(42-33-28-40(29-34-42)46-22-10-16-37-13-2-5-18-44(37)46)52-25-8-7-20-48(52)49-23-11-24-50-51-35-30-38-14-3-6-19-47(38)53(51)56-54(49)50/h1-35H/i1D,4D,9D,12D,15D,17D,21D,26D,27D,28D,29D,31D,32D,33D,34D. The molecule has 0 aliphatic carbocycles. The summed E-state index contributed by atoms with van der Waals surface area (Å²) >= 11 is 0. The van der Waals surface area contributed by atoms with Gasteiger partial charge in [0.1, 0.15) is 11.2 Å². The summed E-state index contributed by atoms with van der Waals surface area (Å²) < 4.78 is 145. The van der Waals surface area contributed by atoms with Crippen molar-refractivity contribution in [2.75, 3.05) is 4.90 Å². The first-order valence-electron chi connectivity index (χ1n) is 25.5. The van der Waals surface area contributed by atoms with Gasteiger partial charge in [-0.3, -0.25) is 0 Å². The van der Waals surface area contributed by atoms with E-state index >= 15 is 0 Å². The Morgan fingerprint density at radius 1 is 0.339 bits per heavy atom. The Labute approximate surface area is 346 Å². The Kier molecular flexibility index (Phi) is 4.77. The van der Waals surface area contributed by atoms with E-state index in [9.17, 15) is 11.0 Å². The van der Waals surface area contributed by atoms with Gasteiger partial charge in [-0.15, -0.1) is 0 Å². The van der Waals surface area contributed by atoms with Crippen molar-refractivity contribution in [3.63, 3.8) is 0 Å². The van der Waals surface area contributed by atoms with E-state index in [0.717, 1.165) is 26.9 Å². The number of para-hydroxylation sites is 2. The molecule has 0 bridgehead atoms. The second-order valence-electron chi connectivity index (χ2n) is 13.3. The van der Waals surface area contributed by atoms with E-state index in [1.165, 1.54) is 4.90 Å². The van der Waals surface area contributed by atoms with E-state index in [2.05, 4.69) is 0 Å². The van der Waals surface area contributed by atoms with Gasteiger partial charge in [0.05, 0.1) is 26.2 Å². The molecule has 1 heterocycles. The van der Waals surface area contributed by atoms with Gasteiger partial charge in [-0.1, -0.05) is 176 Å². The van der Waals surface area contributed by atoms with Gasteiger partial charge in [0.2, 0.25) is 0 Å². The second-order valence-corrected chi connectivity index (χ2v) is 13.3. The third-order valence-corrected chi connectivity index (χ3v) is 10.1. The number of rotatable bonds is 6. The predicted molar refractivity (Wildman–Crippen MR) is 237 cm³/mol. The highest BCUT2D eigenvalue weighted by Crippen LogP contribution is 2.46. The first-order chi connectivity index (χ1) is 34.0. The summed E-state index contributed by atoms with van der Waals surface area (Å²) in [6.45, 7) is 0. The zero-order valence-corrected chi connectivity index (χ0v) is 29.4. The fourth-order valence-corrected chi connectivity index (χ4v) is 7.53. The predicted octanol–water partition coefficient (Wildman–Crippen LogP) is 15.5. The van der Waals surface area contributed by atoms with Crippen molar-refractivity contribution in [2.45, 2.75) is 0 Å². The van der Waals surface area contributed by atoms with Crippen LogP contribution < -0.4 is 4.90 Å². The average molecular weight is 729 g/mol. The smallest absolute Gasteiger partial charge is 0.143 e. The first kappa shape index (κ1) is 20.3. The molecule has 0 fully saturated rings. The molecule has 0 atom stereocenters. The fraction of sp³-hybridized carbons (Fsp3) is 0. The third-order valence-electron chi connectivity index (χ3n) is 10.1. The molecule has 0 aliphatic heterocycles. The summed E-state index contributed by atoms with van der Waals surface area (Å²) in [5, 5.41) is 4.00. The van der Waals surface area contributed by atoms with Gasteiger partial charge in [-0.2, -0.15) is 0 Å². The topological polar surface area (TPSA) is 16.4 Å². The van der Waals surface area contributed by atoms with Crippen LogP contribution in [0.2, 0.25) is 0 Å². The molecule has 2 heteroatoms. The normalized spacial score (nSPS) is 15.3. The van der Waals surface area contributed by atoms with E-state index in [4.69, 9.17) is 14.0 Å². The van der Waals surface area contributed by atoms with Crippen LogP contribution in [0.4, 0.5) is 17.1 Å². The van der Waals surface area contributed by atoms with Crippen LogP contribution >= 0.6 is 0 Å². The molecule has 0 N–H and O–H groups in total. The molecule has 0 saturated carbocycles. The van der Waals surface area contributed by atoms with Crippen LogP contribution in [0.25, 0.3) is 87.6 Å².